The number of nitro benzene ring substituents is 1. The number of hydrogen-bond donors (Lipinski definition) is 0. The highest BCUT2D eigenvalue weighted by Crippen LogP contribution is 2.27. The smallest absolute Gasteiger partial charge is 0.269 e. The molecular formula is C16H16N2O2. The van der Waals surface area contributed by atoms with Crippen molar-refractivity contribution >= 4 is 23.1 Å². The average Bonchev–Trinajstić information content (AvgIpc) is 2.47. The fourth-order valence-electron chi connectivity index (χ4n) is 2.00. The predicted octanol–water partition coefficient (Wildman–Crippen LogP) is 4.31. The van der Waals surface area contributed by atoms with Crippen LogP contribution in [0.1, 0.15) is 11.1 Å². The first kappa shape index (κ1) is 13.8. The standard InChI is InChI=1S/C16H16N2O2/c1-4-13-11-16(6-5-12(13)2)17(3)14-7-9-15(10-8-14)18(19)20/h4-11H,1H2,2-3H3. The van der Waals surface area contributed by atoms with Crippen molar-refractivity contribution in [2.75, 3.05) is 11.9 Å². The van der Waals surface area contributed by atoms with E-state index in [1.807, 2.05) is 43.1 Å². The molecule has 0 heterocycles. The van der Waals surface area contributed by atoms with E-state index in [2.05, 4.69) is 6.58 Å². The van der Waals surface area contributed by atoms with Gasteiger partial charge in [0.25, 0.3) is 5.69 Å². The fourth-order valence-corrected chi connectivity index (χ4v) is 2.00. The van der Waals surface area contributed by atoms with Crippen molar-refractivity contribution < 1.29 is 4.92 Å². The van der Waals surface area contributed by atoms with Gasteiger partial charge in [0.05, 0.1) is 4.92 Å². The summed E-state index contributed by atoms with van der Waals surface area (Å²) in [7, 11) is 1.93. The molecule has 20 heavy (non-hydrogen) atoms. The van der Waals surface area contributed by atoms with E-state index in [0.717, 1.165) is 16.9 Å². The number of nitrogens with zero attached hydrogens (tertiary/aromatic N) is 2. The van der Waals surface area contributed by atoms with Crippen LogP contribution in [0.15, 0.2) is 49.0 Å². The van der Waals surface area contributed by atoms with Crippen LogP contribution in [0.5, 0.6) is 0 Å². The van der Waals surface area contributed by atoms with Crippen LogP contribution in [0.3, 0.4) is 0 Å². The maximum Gasteiger partial charge on any atom is 0.269 e. The molecule has 0 atom stereocenters. The number of nitro groups is 1. The second-order valence-electron chi connectivity index (χ2n) is 4.58. The minimum atomic E-state index is -0.397. The first-order valence-electron chi connectivity index (χ1n) is 6.24. The summed E-state index contributed by atoms with van der Waals surface area (Å²) in [4.78, 5) is 12.2. The van der Waals surface area contributed by atoms with Gasteiger partial charge >= 0.3 is 0 Å². The molecule has 0 aliphatic heterocycles. The van der Waals surface area contributed by atoms with E-state index < -0.39 is 4.92 Å². The van der Waals surface area contributed by atoms with Crippen LogP contribution in [0.2, 0.25) is 0 Å². The van der Waals surface area contributed by atoms with Gasteiger partial charge in [-0.05, 0) is 42.3 Å². The van der Waals surface area contributed by atoms with E-state index in [9.17, 15) is 10.1 Å². The van der Waals surface area contributed by atoms with Crippen LogP contribution in [-0.2, 0) is 0 Å². The minimum Gasteiger partial charge on any atom is -0.345 e. The quantitative estimate of drug-likeness (QED) is 0.613. The van der Waals surface area contributed by atoms with Crippen molar-refractivity contribution in [3.8, 4) is 0 Å². The third kappa shape index (κ3) is 2.69. The Morgan fingerprint density at radius 2 is 1.75 bits per heavy atom. The summed E-state index contributed by atoms with van der Waals surface area (Å²) in [5.74, 6) is 0. The Hall–Kier alpha value is -2.62. The highest BCUT2D eigenvalue weighted by molar-refractivity contribution is 5.67. The second-order valence-corrected chi connectivity index (χ2v) is 4.58. The summed E-state index contributed by atoms with van der Waals surface area (Å²) in [5.41, 5.74) is 4.25. The molecule has 0 aliphatic carbocycles. The van der Waals surface area contributed by atoms with Gasteiger partial charge in [0.15, 0.2) is 0 Å². The normalized spacial score (nSPS) is 10.1. The van der Waals surface area contributed by atoms with E-state index in [0.29, 0.717) is 0 Å². The van der Waals surface area contributed by atoms with Crippen molar-refractivity contribution in [2.45, 2.75) is 6.92 Å². The van der Waals surface area contributed by atoms with Gasteiger partial charge in [-0.2, -0.15) is 0 Å². The lowest BCUT2D eigenvalue weighted by molar-refractivity contribution is -0.384. The summed E-state index contributed by atoms with van der Waals surface area (Å²) in [6.45, 7) is 5.84. The molecule has 2 aromatic carbocycles. The lowest BCUT2D eigenvalue weighted by atomic mass is 10.1. The van der Waals surface area contributed by atoms with Crippen molar-refractivity contribution in [1.82, 2.24) is 0 Å². The van der Waals surface area contributed by atoms with E-state index in [4.69, 9.17) is 0 Å². The third-order valence-corrected chi connectivity index (χ3v) is 3.32. The predicted molar refractivity (Wildman–Crippen MR) is 82.4 cm³/mol. The van der Waals surface area contributed by atoms with E-state index in [1.165, 1.54) is 17.7 Å². The number of aryl methyl sites for hydroxylation is 1. The molecule has 0 fully saturated rings. The number of anilines is 2. The lowest BCUT2D eigenvalue weighted by Crippen LogP contribution is -2.09. The van der Waals surface area contributed by atoms with Gasteiger partial charge in [-0.3, -0.25) is 10.1 Å². The lowest BCUT2D eigenvalue weighted by Gasteiger charge is -2.20. The average molecular weight is 268 g/mol. The van der Waals surface area contributed by atoms with Crippen LogP contribution in [0, 0.1) is 17.0 Å². The van der Waals surface area contributed by atoms with Gasteiger partial charge in [0.2, 0.25) is 0 Å². The van der Waals surface area contributed by atoms with Gasteiger partial charge in [0, 0.05) is 30.6 Å². The molecule has 2 rings (SSSR count). The van der Waals surface area contributed by atoms with Gasteiger partial charge in [0.1, 0.15) is 0 Å². The summed E-state index contributed by atoms with van der Waals surface area (Å²) < 4.78 is 0. The summed E-state index contributed by atoms with van der Waals surface area (Å²) in [5, 5.41) is 10.7. The maximum absolute atomic E-state index is 10.7. The summed E-state index contributed by atoms with van der Waals surface area (Å²) in [6.07, 6.45) is 1.82. The van der Waals surface area contributed by atoms with Crippen LogP contribution in [0.4, 0.5) is 17.1 Å². The molecule has 0 N–H and O–H groups in total. The van der Waals surface area contributed by atoms with Gasteiger partial charge in [-0.15, -0.1) is 0 Å². The Bertz CT molecular complexity index is 648. The molecule has 0 amide bonds. The zero-order chi connectivity index (χ0) is 14.7. The minimum absolute atomic E-state index is 0.0952. The molecule has 0 spiro atoms. The first-order chi connectivity index (χ1) is 9.52. The van der Waals surface area contributed by atoms with Gasteiger partial charge in [-0.1, -0.05) is 18.7 Å². The zero-order valence-corrected chi connectivity index (χ0v) is 11.5. The SMILES string of the molecule is C=Cc1cc(N(C)c2ccc([N+](=O)[O-])cc2)ccc1C. The molecule has 4 nitrogen and oxygen atoms in total. The zero-order valence-electron chi connectivity index (χ0n) is 11.5. The highest BCUT2D eigenvalue weighted by atomic mass is 16.6. The van der Waals surface area contributed by atoms with Crippen LogP contribution in [0.25, 0.3) is 6.08 Å². The fraction of sp³-hybridized carbons (Fsp3) is 0.125. The highest BCUT2D eigenvalue weighted by Gasteiger charge is 2.08. The van der Waals surface area contributed by atoms with Crippen LogP contribution >= 0.6 is 0 Å². The van der Waals surface area contributed by atoms with Crippen molar-refractivity contribution in [1.29, 1.82) is 0 Å². The van der Waals surface area contributed by atoms with Gasteiger partial charge in [-0.25, -0.2) is 0 Å². The topological polar surface area (TPSA) is 46.4 Å². The molecule has 4 heteroatoms. The number of rotatable bonds is 4. The molecule has 0 saturated heterocycles. The van der Waals surface area contributed by atoms with E-state index in [1.54, 1.807) is 12.1 Å². The van der Waals surface area contributed by atoms with Crippen molar-refractivity contribution in [2.24, 2.45) is 0 Å². The van der Waals surface area contributed by atoms with Crippen LogP contribution < -0.4 is 4.90 Å². The molecule has 0 aromatic heterocycles. The van der Waals surface area contributed by atoms with Crippen LogP contribution in [-0.4, -0.2) is 12.0 Å². The Labute approximate surface area is 118 Å². The molecule has 0 unspecified atom stereocenters. The Balaban J connectivity index is 2.33. The first-order valence-corrected chi connectivity index (χ1v) is 6.24. The van der Waals surface area contributed by atoms with E-state index in [-0.39, 0.29) is 5.69 Å². The third-order valence-electron chi connectivity index (χ3n) is 3.32. The Morgan fingerprint density at radius 1 is 1.15 bits per heavy atom. The largest absolute Gasteiger partial charge is 0.345 e. The Morgan fingerprint density at radius 3 is 2.30 bits per heavy atom. The molecule has 102 valence electrons. The maximum atomic E-state index is 10.7. The second kappa shape index (κ2) is 5.57. The monoisotopic (exact) mass is 268 g/mol. The number of benzene rings is 2. The number of hydrogen-bond acceptors (Lipinski definition) is 3. The molecule has 2 aromatic rings. The molecule has 0 aliphatic rings. The molecule has 0 saturated carbocycles. The Kier molecular flexibility index (Phi) is 3.84. The summed E-state index contributed by atoms with van der Waals surface area (Å²) >= 11 is 0. The number of non-ortho nitro benzene ring substituents is 1. The van der Waals surface area contributed by atoms with Crippen molar-refractivity contribution in [3.05, 3.63) is 70.3 Å². The molecule has 0 bridgehead atoms. The molecule has 0 radical (unpaired) electrons. The van der Waals surface area contributed by atoms with E-state index >= 15 is 0 Å². The molecular weight excluding hydrogens is 252 g/mol. The summed E-state index contributed by atoms with van der Waals surface area (Å²) in [6, 6.07) is 12.6. The van der Waals surface area contributed by atoms with Crippen molar-refractivity contribution in [3.63, 3.8) is 0 Å². The van der Waals surface area contributed by atoms with Gasteiger partial charge < -0.3 is 4.90 Å².